The molecule has 2 rings (SSSR count). The number of hydrogen-bond donors (Lipinski definition) is 2. The molecule has 1 heterocycles. The fourth-order valence-corrected chi connectivity index (χ4v) is 1.13. The summed E-state index contributed by atoms with van der Waals surface area (Å²) in [5.74, 6) is 0.475. The third-order valence-corrected chi connectivity index (χ3v) is 2.09. The van der Waals surface area contributed by atoms with Crippen LogP contribution in [-0.4, -0.2) is 22.6 Å². The zero-order chi connectivity index (χ0) is 9.97. The highest BCUT2D eigenvalue weighted by molar-refractivity contribution is 5.88. The van der Waals surface area contributed by atoms with E-state index in [0.717, 1.165) is 12.5 Å². The maximum absolute atomic E-state index is 10.6. The Bertz CT molecular complexity index is 332. The Labute approximate surface area is 80.9 Å². The summed E-state index contributed by atoms with van der Waals surface area (Å²) in [5.41, 5.74) is 4.97. The van der Waals surface area contributed by atoms with Crippen LogP contribution in [0.5, 0.6) is 0 Å². The van der Waals surface area contributed by atoms with E-state index in [4.69, 9.17) is 10.3 Å². The number of carbonyl (C=O) groups is 1. The van der Waals surface area contributed by atoms with Crippen molar-refractivity contribution < 1.29 is 9.32 Å². The third kappa shape index (κ3) is 2.29. The van der Waals surface area contributed by atoms with Crippen LogP contribution in [0.3, 0.4) is 0 Å². The minimum Gasteiger partial charge on any atom is -0.363 e. The molecule has 1 saturated carbocycles. The van der Waals surface area contributed by atoms with E-state index in [1.54, 1.807) is 0 Å². The zero-order valence-corrected chi connectivity index (χ0v) is 7.69. The van der Waals surface area contributed by atoms with Gasteiger partial charge in [0.2, 0.25) is 5.89 Å². The average Bonchev–Trinajstić information content (AvgIpc) is 2.82. The second-order valence-corrected chi connectivity index (χ2v) is 3.45. The van der Waals surface area contributed by atoms with Gasteiger partial charge in [0.15, 0.2) is 0 Å². The Kier molecular flexibility index (Phi) is 2.45. The van der Waals surface area contributed by atoms with E-state index in [1.807, 2.05) is 0 Å². The first-order chi connectivity index (χ1) is 6.75. The van der Waals surface area contributed by atoms with Crippen LogP contribution in [0.15, 0.2) is 4.52 Å². The summed E-state index contributed by atoms with van der Waals surface area (Å²) in [5, 5.41) is 6.60. The molecule has 1 fully saturated rings. The van der Waals surface area contributed by atoms with Gasteiger partial charge in [0.25, 0.3) is 11.7 Å². The number of rotatable bonds is 5. The minimum atomic E-state index is -0.665. The van der Waals surface area contributed by atoms with Crippen molar-refractivity contribution in [3.63, 3.8) is 0 Å². The molecular formula is C8H12N4O2. The van der Waals surface area contributed by atoms with E-state index < -0.39 is 5.91 Å². The highest BCUT2D eigenvalue weighted by Gasteiger charge is 2.20. The molecule has 1 amide bonds. The number of primary amides is 1. The molecule has 0 saturated heterocycles. The number of carbonyl (C=O) groups excluding carboxylic acids is 1. The molecule has 0 atom stereocenters. The topological polar surface area (TPSA) is 94.0 Å². The van der Waals surface area contributed by atoms with E-state index in [-0.39, 0.29) is 5.82 Å². The third-order valence-electron chi connectivity index (χ3n) is 2.09. The molecule has 0 aliphatic heterocycles. The van der Waals surface area contributed by atoms with Gasteiger partial charge in [0.1, 0.15) is 0 Å². The Hall–Kier alpha value is -1.43. The lowest BCUT2D eigenvalue weighted by atomic mass is 10.4. The number of nitrogens with two attached hydrogens (primary N) is 1. The zero-order valence-electron chi connectivity index (χ0n) is 7.69. The molecule has 0 unspecified atom stereocenters. The van der Waals surface area contributed by atoms with Crippen LogP contribution in [0.2, 0.25) is 0 Å². The number of nitrogens with one attached hydrogen (secondary N) is 1. The molecule has 76 valence electrons. The summed E-state index contributed by atoms with van der Waals surface area (Å²) in [4.78, 5) is 14.4. The molecule has 1 aliphatic carbocycles. The summed E-state index contributed by atoms with van der Waals surface area (Å²) in [6.07, 6.45) is 2.59. The first-order valence-corrected chi connectivity index (χ1v) is 4.59. The van der Waals surface area contributed by atoms with Crippen LogP contribution in [0.4, 0.5) is 0 Å². The summed E-state index contributed by atoms with van der Waals surface area (Å²) in [6.45, 7) is 1.46. The van der Waals surface area contributed by atoms with Gasteiger partial charge in [-0.2, -0.15) is 4.98 Å². The lowest BCUT2D eigenvalue weighted by Crippen LogP contribution is -2.17. The highest BCUT2D eigenvalue weighted by Crippen LogP contribution is 2.27. The molecule has 0 bridgehead atoms. The SMILES string of the molecule is NC(=O)c1noc(CNCC2CC2)n1. The number of nitrogens with zero attached hydrogens (tertiary/aromatic N) is 2. The smallest absolute Gasteiger partial charge is 0.290 e. The first kappa shape index (κ1) is 9.14. The summed E-state index contributed by atoms with van der Waals surface area (Å²) < 4.78 is 4.80. The van der Waals surface area contributed by atoms with Gasteiger partial charge >= 0.3 is 0 Å². The quantitative estimate of drug-likeness (QED) is 0.672. The van der Waals surface area contributed by atoms with Crippen molar-refractivity contribution in [3.05, 3.63) is 11.7 Å². The van der Waals surface area contributed by atoms with Crippen LogP contribution in [-0.2, 0) is 6.54 Å². The lowest BCUT2D eigenvalue weighted by Gasteiger charge is -1.96. The number of amides is 1. The van der Waals surface area contributed by atoms with Crippen molar-refractivity contribution in [3.8, 4) is 0 Å². The van der Waals surface area contributed by atoms with Gasteiger partial charge < -0.3 is 15.6 Å². The highest BCUT2D eigenvalue weighted by atomic mass is 16.5. The molecular weight excluding hydrogens is 184 g/mol. The fourth-order valence-electron chi connectivity index (χ4n) is 1.13. The summed E-state index contributed by atoms with van der Waals surface area (Å²) in [6, 6.07) is 0. The maximum Gasteiger partial charge on any atom is 0.290 e. The molecule has 0 spiro atoms. The van der Waals surface area contributed by atoms with Crippen LogP contribution < -0.4 is 11.1 Å². The monoisotopic (exact) mass is 196 g/mol. The van der Waals surface area contributed by atoms with Crippen molar-refractivity contribution in [1.82, 2.24) is 15.5 Å². The van der Waals surface area contributed by atoms with Crippen LogP contribution in [0, 0.1) is 5.92 Å². The van der Waals surface area contributed by atoms with Crippen LogP contribution in [0.25, 0.3) is 0 Å². The Morgan fingerprint density at radius 1 is 1.64 bits per heavy atom. The van der Waals surface area contributed by atoms with E-state index in [9.17, 15) is 4.79 Å². The first-order valence-electron chi connectivity index (χ1n) is 4.59. The predicted octanol–water partition coefficient (Wildman–Crippen LogP) is -0.332. The predicted molar refractivity (Wildman–Crippen MR) is 47.2 cm³/mol. The van der Waals surface area contributed by atoms with Crippen molar-refractivity contribution in [2.24, 2.45) is 11.7 Å². The number of aromatic nitrogens is 2. The standard InChI is InChI=1S/C8H12N4O2/c9-7(13)8-11-6(14-12-8)4-10-3-5-1-2-5/h5,10H,1-4H2,(H2,9,13). The minimum absolute atomic E-state index is 0.0618. The van der Waals surface area contributed by atoms with Crippen LogP contribution in [0.1, 0.15) is 29.4 Å². The average molecular weight is 196 g/mol. The van der Waals surface area contributed by atoms with Crippen LogP contribution >= 0.6 is 0 Å². The van der Waals surface area contributed by atoms with Gasteiger partial charge in [-0.05, 0) is 25.3 Å². The van der Waals surface area contributed by atoms with Gasteiger partial charge in [-0.1, -0.05) is 5.16 Å². The normalized spacial score (nSPS) is 15.7. The Morgan fingerprint density at radius 3 is 3.00 bits per heavy atom. The second-order valence-electron chi connectivity index (χ2n) is 3.45. The molecule has 6 nitrogen and oxygen atoms in total. The summed E-state index contributed by atoms with van der Waals surface area (Å²) >= 11 is 0. The van der Waals surface area contributed by atoms with Crippen molar-refractivity contribution in [2.45, 2.75) is 19.4 Å². The van der Waals surface area contributed by atoms with Crippen molar-refractivity contribution >= 4 is 5.91 Å². The van der Waals surface area contributed by atoms with Gasteiger partial charge in [-0.15, -0.1) is 0 Å². The fraction of sp³-hybridized carbons (Fsp3) is 0.625. The lowest BCUT2D eigenvalue weighted by molar-refractivity contribution is 0.0987. The van der Waals surface area contributed by atoms with E-state index >= 15 is 0 Å². The van der Waals surface area contributed by atoms with Crippen molar-refractivity contribution in [2.75, 3.05) is 6.54 Å². The molecule has 1 aromatic heterocycles. The summed E-state index contributed by atoms with van der Waals surface area (Å²) in [7, 11) is 0. The molecule has 1 aliphatic rings. The van der Waals surface area contributed by atoms with E-state index in [1.165, 1.54) is 12.8 Å². The van der Waals surface area contributed by atoms with Gasteiger partial charge in [0.05, 0.1) is 6.54 Å². The van der Waals surface area contributed by atoms with E-state index in [2.05, 4.69) is 15.5 Å². The Balaban J connectivity index is 1.79. The molecule has 1 aromatic rings. The largest absolute Gasteiger partial charge is 0.363 e. The van der Waals surface area contributed by atoms with Gasteiger partial charge in [-0.25, -0.2) is 0 Å². The second kappa shape index (κ2) is 3.75. The maximum atomic E-state index is 10.6. The molecule has 6 heteroatoms. The molecule has 3 N–H and O–H groups in total. The molecule has 0 radical (unpaired) electrons. The van der Waals surface area contributed by atoms with E-state index in [0.29, 0.717) is 12.4 Å². The van der Waals surface area contributed by atoms with Gasteiger partial charge in [-0.3, -0.25) is 4.79 Å². The van der Waals surface area contributed by atoms with Crippen molar-refractivity contribution in [1.29, 1.82) is 0 Å². The number of hydrogen-bond acceptors (Lipinski definition) is 5. The Morgan fingerprint density at radius 2 is 2.43 bits per heavy atom. The molecule has 14 heavy (non-hydrogen) atoms. The molecule has 0 aromatic carbocycles. The van der Waals surface area contributed by atoms with Gasteiger partial charge in [0, 0.05) is 0 Å².